The number of nitrogens with zero attached hydrogens (tertiary/aromatic N) is 5. The van der Waals surface area contributed by atoms with Crippen LogP contribution >= 0.6 is 0 Å². The van der Waals surface area contributed by atoms with Gasteiger partial charge in [0.1, 0.15) is 0 Å². The van der Waals surface area contributed by atoms with Gasteiger partial charge < -0.3 is 14.3 Å². The van der Waals surface area contributed by atoms with Gasteiger partial charge in [0.25, 0.3) is 0 Å². The van der Waals surface area contributed by atoms with Crippen LogP contribution in [0.3, 0.4) is 0 Å². The molecule has 0 aliphatic carbocycles. The summed E-state index contributed by atoms with van der Waals surface area (Å²) in [5.41, 5.74) is 1.10. The van der Waals surface area contributed by atoms with Crippen molar-refractivity contribution in [1.29, 1.82) is 0 Å². The normalized spacial score (nSPS) is 24.7. The Hall–Kier alpha value is -2.47. The van der Waals surface area contributed by atoms with Gasteiger partial charge in [-0.1, -0.05) is 0 Å². The predicted octanol–water partition coefficient (Wildman–Crippen LogP) is 1.14. The number of aliphatic carboxylic acids is 1. The smallest absolute Gasteiger partial charge is 0.475 e. The second kappa shape index (κ2) is 7.51. The van der Waals surface area contributed by atoms with Crippen molar-refractivity contribution in [1.82, 2.24) is 24.9 Å². The van der Waals surface area contributed by atoms with Crippen LogP contribution in [0.2, 0.25) is 0 Å². The number of alkyl halides is 3. The van der Waals surface area contributed by atoms with E-state index < -0.39 is 12.1 Å². The fourth-order valence-electron chi connectivity index (χ4n) is 3.57. The molecule has 0 saturated carbocycles. The number of ether oxygens (including phenoxy) is 1. The Kier molecular flexibility index (Phi) is 5.44. The highest BCUT2D eigenvalue weighted by Crippen LogP contribution is 2.43. The largest absolute Gasteiger partial charge is 0.490 e. The van der Waals surface area contributed by atoms with Gasteiger partial charge in [0.15, 0.2) is 0 Å². The molecule has 2 atom stereocenters. The molecule has 2 saturated heterocycles. The molecule has 2 aromatic rings. The zero-order chi connectivity index (χ0) is 20.5. The Morgan fingerprint density at radius 3 is 2.68 bits per heavy atom. The zero-order valence-corrected chi connectivity index (χ0v) is 15.3. The molecule has 0 unspecified atom stereocenters. The van der Waals surface area contributed by atoms with Gasteiger partial charge in [-0.2, -0.15) is 18.3 Å². The van der Waals surface area contributed by atoms with Crippen LogP contribution in [0.15, 0.2) is 16.8 Å². The second-order valence-electron chi connectivity index (χ2n) is 6.99. The van der Waals surface area contributed by atoms with E-state index in [9.17, 15) is 13.2 Å². The molecule has 9 nitrogen and oxygen atoms in total. The van der Waals surface area contributed by atoms with Gasteiger partial charge in [-0.25, -0.2) is 4.79 Å². The molecule has 2 aromatic heterocycles. The van der Waals surface area contributed by atoms with Crippen LogP contribution in [0.1, 0.15) is 17.3 Å². The predicted molar refractivity (Wildman–Crippen MR) is 87.2 cm³/mol. The molecule has 4 heterocycles. The Labute approximate surface area is 158 Å². The molecule has 154 valence electrons. The van der Waals surface area contributed by atoms with Crippen molar-refractivity contribution in [3.05, 3.63) is 29.7 Å². The molecule has 0 spiro atoms. The van der Waals surface area contributed by atoms with E-state index in [1.807, 2.05) is 24.9 Å². The van der Waals surface area contributed by atoms with E-state index in [1.54, 1.807) is 0 Å². The SMILES string of the molecule is Cc1nnc([C@]23COC[C@H]2CN(Cc2cnn(C)c2)C3)o1.O=C(O)C(F)(F)F. The Morgan fingerprint density at radius 2 is 2.14 bits per heavy atom. The average molecular weight is 403 g/mol. The highest BCUT2D eigenvalue weighted by atomic mass is 19.4. The topological polar surface area (TPSA) is 107 Å². The molecule has 0 bridgehead atoms. The lowest BCUT2D eigenvalue weighted by Gasteiger charge is -2.22. The molecule has 12 heteroatoms. The van der Waals surface area contributed by atoms with E-state index in [-0.39, 0.29) is 5.41 Å². The second-order valence-corrected chi connectivity index (χ2v) is 6.99. The number of aryl methyl sites for hydroxylation is 2. The first-order valence-electron chi connectivity index (χ1n) is 8.48. The maximum Gasteiger partial charge on any atom is 0.490 e. The summed E-state index contributed by atoms with van der Waals surface area (Å²) in [6, 6.07) is 0. The van der Waals surface area contributed by atoms with Crippen LogP contribution in [0.5, 0.6) is 0 Å². The fraction of sp³-hybridized carbons (Fsp3) is 0.625. The maximum absolute atomic E-state index is 10.6. The van der Waals surface area contributed by atoms with Crippen LogP contribution < -0.4 is 0 Å². The van der Waals surface area contributed by atoms with Gasteiger partial charge in [-0.15, -0.1) is 10.2 Å². The molecular formula is C16H20F3N5O4. The third-order valence-corrected chi connectivity index (χ3v) is 4.80. The minimum Gasteiger partial charge on any atom is -0.475 e. The standard InChI is InChI=1S/C14H19N5O2.C2HF3O2/c1-10-16-17-13(21-10)14-8-19(6-12(14)7-20-9-14)5-11-3-15-18(2)4-11;3-2(4,5)1(6)7/h3-4,12H,5-9H2,1-2H3;(H,6,7)/t12-,14-;/m1./s1. The van der Waals surface area contributed by atoms with Gasteiger partial charge in [0.2, 0.25) is 11.8 Å². The molecule has 28 heavy (non-hydrogen) atoms. The van der Waals surface area contributed by atoms with Crippen LogP contribution in [0, 0.1) is 12.8 Å². The number of carboxylic acid groups (broad SMARTS) is 1. The lowest BCUT2D eigenvalue weighted by molar-refractivity contribution is -0.192. The number of fused-ring (bicyclic) bond motifs is 1. The van der Waals surface area contributed by atoms with Crippen LogP contribution in [0.25, 0.3) is 0 Å². The van der Waals surface area contributed by atoms with Crippen molar-refractivity contribution in [2.24, 2.45) is 13.0 Å². The number of halogens is 3. The number of likely N-dealkylation sites (tertiary alicyclic amines) is 1. The summed E-state index contributed by atoms with van der Waals surface area (Å²) in [5, 5.41) is 19.6. The van der Waals surface area contributed by atoms with E-state index in [1.165, 1.54) is 5.56 Å². The van der Waals surface area contributed by atoms with Crippen LogP contribution in [0.4, 0.5) is 13.2 Å². The summed E-state index contributed by atoms with van der Waals surface area (Å²) in [6.07, 6.45) is -1.10. The minimum atomic E-state index is -5.08. The molecule has 2 aliphatic heterocycles. The fourth-order valence-corrected chi connectivity index (χ4v) is 3.57. The number of carbonyl (C=O) groups is 1. The third kappa shape index (κ3) is 4.17. The summed E-state index contributed by atoms with van der Waals surface area (Å²) in [5.74, 6) is -0.978. The van der Waals surface area contributed by atoms with Gasteiger partial charge in [-0.3, -0.25) is 9.58 Å². The minimum absolute atomic E-state index is 0.135. The highest BCUT2D eigenvalue weighted by molar-refractivity contribution is 5.73. The molecular weight excluding hydrogens is 383 g/mol. The Bertz CT molecular complexity index is 836. The van der Waals surface area contributed by atoms with Crippen molar-refractivity contribution in [3.63, 3.8) is 0 Å². The summed E-state index contributed by atoms with van der Waals surface area (Å²) < 4.78 is 45.0. The summed E-state index contributed by atoms with van der Waals surface area (Å²) >= 11 is 0. The first-order valence-corrected chi connectivity index (χ1v) is 8.48. The first-order chi connectivity index (χ1) is 13.1. The molecule has 1 N–H and O–H groups in total. The van der Waals surface area contributed by atoms with E-state index in [4.69, 9.17) is 19.1 Å². The molecule has 0 aromatic carbocycles. The van der Waals surface area contributed by atoms with Crippen molar-refractivity contribution in [2.75, 3.05) is 26.3 Å². The molecule has 2 fully saturated rings. The highest BCUT2D eigenvalue weighted by Gasteiger charge is 2.55. The number of hydrogen-bond acceptors (Lipinski definition) is 7. The van der Waals surface area contributed by atoms with Gasteiger partial charge >= 0.3 is 12.1 Å². The van der Waals surface area contributed by atoms with E-state index in [0.717, 1.165) is 32.1 Å². The average Bonchev–Trinajstić information content (AvgIpc) is 3.32. The Balaban J connectivity index is 0.000000279. The van der Waals surface area contributed by atoms with E-state index in [0.29, 0.717) is 18.4 Å². The number of carboxylic acids is 1. The van der Waals surface area contributed by atoms with Crippen molar-refractivity contribution in [3.8, 4) is 0 Å². The molecule has 0 radical (unpaired) electrons. The van der Waals surface area contributed by atoms with Crippen molar-refractivity contribution in [2.45, 2.75) is 25.1 Å². The first kappa shape index (κ1) is 20.3. The monoisotopic (exact) mass is 403 g/mol. The van der Waals surface area contributed by atoms with Gasteiger partial charge in [-0.05, 0) is 0 Å². The maximum atomic E-state index is 10.6. The lowest BCUT2D eigenvalue weighted by atomic mass is 9.81. The molecule has 4 rings (SSSR count). The number of aromatic nitrogens is 4. The summed E-state index contributed by atoms with van der Waals surface area (Å²) in [6.45, 7) is 6.07. The van der Waals surface area contributed by atoms with E-state index in [2.05, 4.69) is 26.4 Å². The van der Waals surface area contributed by atoms with Gasteiger partial charge in [0.05, 0.1) is 24.8 Å². The number of rotatable bonds is 3. The van der Waals surface area contributed by atoms with Gasteiger partial charge in [0, 0.05) is 51.3 Å². The summed E-state index contributed by atoms with van der Waals surface area (Å²) in [7, 11) is 1.94. The van der Waals surface area contributed by atoms with Crippen LogP contribution in [-0.2, 0) is 28.5 Å². The zero-order valence-electron chi connectivity index (χ0n) is 15.3. The lowest BCUT2D eigenvalue weighted by Crippen LogP contribution is -2.35. The van der Waals surface area contributed by atoms with Crippen molar-refractivity contribution < 1.29 is 32.2 Å². The summed E-state index contributed by atoms with van der Waals surface area (Å²) in [4.78, 5) is 11.3. The van der Waals surface area contributed by atoms with Crippen molar-refractivity contribution >= 4 is 5.97 Å². The molecule has 2 aliphatic rings. The molecule has 0 amide bonds. The van der Waals surface area contributed by atoms with Crippen LogP contribution in [-0.4, -0.2) is 68.4 Å². The third-order valence-electron chi connectivity index (χ3n) is 4.80. The van der Waals surface area contributed by atoms with E-state index >= 15 is 0 Å². The Morgan fingerprint density at radius 1 is 1.43 bits per heavy atom. The number of hydrogen-bond donors (Lipinski definition) is 1. The quantitative estimate of drug-likeness (QED) is 0.813.